The van der Waals surface area contributed by atoms with Gasteiger partial charge in [-0.15, -0.1) is 0 Å². The topological polar surface area (TPSA) is 0 Å². The zero-order valence-electron chi connectivity index (χ0n) is 28.6. The third-order valence-electron chi connectivity index (χ3n) is 8.69. The summed E-state index contributed by atoms with van der Waals surface area (Å²) in [5.41, 5.74) is 10.0. The maximum Gasteiger partial charge on any atom is 2.00 e. The zero-order valence-corrected chi connectivity index (χ0v) is 29.7. The van der Waals surface area contributed by atoms with Gasteiger partial charge in [0.05, 0.1) is 0 Å². The Kier molecular flexibility index (Phi) is 27.5. The first-order chi connectivity index (χ1) is 19.6. The van der Waals surface area contributed by atoms with E-state index < -0.39 is 0 Å². The average molecular weight is 607 g/mol. The molecular formula is C40H70Fe. The number of hydrogen-bond acceptors (Lipinski definition) is 0. The van der Waals surface area contributed by atoms with Crippen LogP contribution in [0.3, 0.4) is 0 Å². The SMILES string of the molecule is CCCCCc1cc(CCCCC)c(CCCCC)[cH-]1.CCCCCc1cc[c-](CCCCC)c1CCCCC.[Fe+2]. The van der Waals surface area contributed by atoms with Crippen LogP contribution in [0.2, 0.25) is 0 Å². The summed E-state index contributed by atoms with van der Waals surface area (Å²) in [4.78, 5) is 0. The first kappa shape index (κ1) is 40.2. The van der Waals surface area contributed by atoms with E-state index in [4.69, 9.17) is 0 Å². The summed E-state index contributed by atoms with van der Waals surface area (Å²) in [6.45, 7) is 13.8. The van der Waals surface area contributed by atoms with Crippen LogP contribution >= 0.6 is 0 Å². The summed E-state index contributed by atoms with van der Waals surface area (Å²) >= 11 is 0. The fourth-order valence-electron chi connectivity index (χ4n) is 6.08. The third kappa shape index (κ3) is 18.5. The Morgan fingerprint density at radius 2 is 0.976 bits per heavy atom. The summed E-state index contributed by atoms with van der Waals surface area (Å²) in [6.07, 6.45) is 32.3. The summed E-state index contributed by atoms with van der Waals surface area (Å²) in [7, 11) is 0. The molecular weight excluding hydrogens is 536 g/mol. The molecule has 0 heterocycles. The molecule has 0 unspecified atom stereocenters. The predicted octanol–water partition coefficient (Wildman–Crippen LogP) is 13.2. The Balaban J connectivity index is 0.000000762. The van der Waals surface area contributed by atoms with Crippen LogP contribution in [0.5, 0.6) is 0 Å². The molecule has 41 heavy (non-hydrogen) atoms. The van der Waals surface area contributed by atoms with Crippen molar-refractivity contribution in [1.82, 2.24) is 0 Å². The van der Waals surface area contributed by atoms with Gasteiger partial charge in [0.1, 0.15) is 0 Å². The predicted molar refractivity (Wildman–Crippen MR) is 183 cm³/mol. The molecule has 0 nitrogen and oxygen atoms in total. The molecule has 0 amide bonds. The van der Waals surface area contributed by atoms with Crippen LogP contribution in [0.25, 0.3) is 0 Å². The van der Waals surface area contributed by atoms with Gasteiger partial charge in [-0.1, -0.05) is 196 Å². The molecule has 0 spiro atoms. The Morgan fingerprint density at radius 1 is 0.512 bits per heavy atom. The van der Waals surface area contributed by atoms with Crippen LogP contribution in [0, 0.1) is 0 Å². The molecule has 0 saturated carbocycles. The van der Waals surface area contributed by atoms with Gasteiger partial charge in [0.2, 0.25) is 0 Å². The quantitative estimate of drug-likeness (QED) is 0.0633. The minimum absolute atomic E-state index is 0. The standard InChI is InChI=1S/2C20H35.Fe/c1-4-7-10-13-18-16-19(14-11-8-5-2)20(17-18)15-12-9-6-3;1-4-7-10-13-18-16-17-19(14-11-8-5-2)20(18)15-12-9-6-3;/h2*16-17H,4-15H2,1-3H3;/q2*-1;+2. The smallest absolute Gasteiger partial charge is 0.210 e. The molecule has 0 N–H and O–H groups in total. The maximum atomic E-state index is 2.52. The van der Waals surface area contributed by atoms with Crippen molar-refractivity contribution in [2.45, 2.75) is 196 Å². The molecule has 0 atom stereocenters. The van der Waals surface area contributed by atoms with Gasteiger partial charge >= 0.3 is 17.1 Å². The minimum atomic E-state index is 0. The van der Waals surface area contributed by atoms with Gasteiger partial charge in [-0.25, -0.2) is 12.1 Å². The van der Waals surface area contributed by atoms with Crippen LogP contribution in [-0.4, -0.2) is 0 Å². The summed E-state index contributed by atoms with van der Waals surface area (Å²) < 4.78 is 0. The van der Waals surface area contributed by atoms with Gasteiger partial charge < -0.3 is 0 Å². The van der Waals surface area contributed by atoms with Crippen molar-refractivity contribution in [3.05, 3.63) is 57.6 Å². The molecule has 0 aliphatic rings. The molecule has 0 radical (unpaired) electrons. The second-order valence-corrected chi connectivity index (χ2v) is 12.5. The van der Waals surface area contributed by atoms with E-state index >= 15 is 0 Å². The molecule has 238 valence electrons. The Hall–Kier alpha value is -0.781. The Labute approximate surface area is 269 Å². The van der Waals surface area contributed by atoms with Crippen LogP contribution in [0.4, 0.5) is 0 Å². The van der Waals surface area contributed by atoms with E-state index in [1.165, 1.54) is 154 Å². The third-order valence-corrected chi connectivity index (χ3v) is 8.69. The second kappa shape index (κ2) is 28.0. The summed E-state index contributed by atoms with van der Waals surface area (Å²) in [6, 6.07) is 9.90. The van der Waals surface area contributed by atoms with E-state index in [1.807, 2.05) is 0 Å². The molecule has 0 aliphatic carbocycles. The fourth-order valence-corrected chi connectivity index (χ4v) is 6.08. The average Bonchev–Trinajstić information content (AvgIpc) is 3.53. The minimum Gasteiger partial charge on any atom is -0.210 e. The molecule has 0 bridgehead atoms. The number of hydrogen-bond donors (Lipinski definition) is 0. The molecule has 2 aromatic rings. The van der Waals surface area contributed by atoms with Crippen molar-refractivity contribution in [2.24, 2.45) is 0 Å². The first-order valence-electron chi connectivity index (χ1n) is 18.2. The van der Waals surface area contributed by atoms with Gasteiger partial charge in [-0.2, -0.15) is 45.5 Å². The number of unbranched alkanes of at least 4 members (excludes halogenated alkanes) is 12. The fraction of sp³-hybridized carbons (Fsp3) is 0.750. The van der Waals surface area contributed by atoms with Crippen LogP contribution in [0.15, 0.2) is 24.3 Å². The molecule has 1 heteroatoms. The number of rotatable bonds is 24. The normalized spacial score (nSPS) is 10.9. The van der Waals surface area contributed by atoms with Gasteiger partial charge in [0, 0.05) is 0 Å². The van der Waals surface area contributed by atoms with E-state index in [0.717, 1.165) is 0 Å². The van der Waals surface area contributed by atoms with Crippen molar-refractivity contribution in [3.8, 4) is 0 Å². The van der Waals surface area contributed by atoms with Crippen LogP contribution in [-0.2, 0) is 55.6 Å². The van der Waals surface area contributed by atoms with Crippen molar-refractivity contribution in [1.29, 1.82) is 0 Å². The molecule has 0 fully saturated rings. The number of aryl methyl sites for hydroxylation is 5. The van der Waals surface area contributed by atoms with Crippen molar-refractivity contribution in [2.75, 3.05) is 0 Å². The molecule has 0 aromatic heterocycles. The van der Waals surface area contributed by atoms with Crippen LogP contribution in [0.1, 0.15) is 190 Å². The first-order valence-corrected chi connectivity index (χ1v) is 18.2. The summed E-state index contributed by atoms with van der Waals surface area (Å²) in [5, 5.41) is 0. The van der Waals surface area contributed by atoms with Crippen molar-refractivity contribution < 1.29 is 17.1 Å². The molecule has 2 rings (SSSR count). The van der Waals surface area contributed by atoms with Crippen molar-refractivity contribution in [3.63, 3.8) is 0 Å². The molecule has 2 aromatic carbocycles. The van der Waals surface area contributed by atoms with Crippen LogP contribution < -0.4 is 0 Å². The van der Waals surface area contributed by atoms with E-state index in [-0.39, 0.29) is 17.1 Å². The monoisotopic (exact) mass is 606 g/mol. The van der Waals surface area contributed by atoms with E-state index in [1.54, 1.807) is 33.4 Å². The van der Waals surface area contributed by atoms with Gasteiger partial charge in [-0.05, 0) is 0 Å². The van der Waals surface area contributed by atoms with Gasteiger partial charge in [0.25, 0.3) is 0 Å². The van der Waals surface area contributed by atoms with E-state index in [9.17, 15) is 0 Å². The van der Waals surface area contributed by atoms with Gasteiger partial charge in [0.15, 0.2) is 0 Å². The van der Waals surface area contributed by atoms with Gasteiger partial charge in [-0.3, -0.25) is 0 Å². The zero-order chi connectivity index (χ0) is 29.3. The Morgan fingerprint density at radius 3 is 1.54 bits per heavy atom. The van der Waals surface area contributed by atoms with E-state index in [2.05, 4.69) is 65.8 Å². The molecule has 0 aliphatic heterocycles. The largest absolute Gasteiger partial charge is 2.00 e. The second-order valence-electron chi connectivity index (χ2n) is 12.5. The van der Waals surface area contributed by atoms with E-state index in [0.29, 0.717) is 0 Å². The maximum absolute atomic E-state index is 2.52. The Bertz CT molecular complexity index is 736. The molecule has 0 saturated heterocycles. The summed E-state index contributed by atoms with van der Waals surface area (Å²) in [5.74, 6) is 0. The van der Waals surface area contributed by atoms with Crippen molar-refractivity contribution >= 4 is 0 Å².